The van der Waals surface area contributed by atoms with Gasteiger partial charge < -0.3 is 9.84 Å². The second-order valence-corrected chi connectivity index (χ2v) is 4.82. The van der Waals surface area contributed by atoms with Crippen LogP contribution in [0.25, 0.3) is 10.8 Å². The molecule has 104 valence electrons. The van der Waals surface area contributed by atoms with Crippen LogP contribution >= 0.6 is 11.6 Å². The molecule has 3 aromatic rings. The minimum Gasteiger partial charge on any atom is -0.478 e. The van der Waals surface area contributed by atoms with Crippen LogP contribution in [0.4, 0.5) is 0 Å². The number of rotatable bonds is 3. The fourth-order valence-electron chi connectivity index (χ4n) is 2.05. The maximum Gasteiger partial charge on any atom is 0.339 e. The van der Waals surface area contributed by atoms with Crippen molar-refractivity contribution in [1.82, 2.24) is 4.98 Å². The molecule has 0 bridgehead atoms. The highest BCUT2D eigenvalue weighted by molar-refractivity contribution is 6.30. The molecule has 1 N–H and O–H groups in total. The topological polar surface area (TPSA) is 59.4 Å². The van der Waals surface area contributed by atoms with Crippen molar-refractivity contribution >= 4 is 28.3 Å². The van der Waals surface area contributed by atoms with Crippen LogP contribution in [0.15, 0.2) is 54.7 Å². The molecule has 0 unspecified atom stereocenters. The third-order valence-electron chi connectivity index (χ3n) is 3.02. The van der Waals surface area contributed by atoms with Crippen LogP contribution in [0.1, 0.15) is 10.4 Å². The molecule has 0 radical (unpaired) electrons. The number of carbonyl (C=O) groups is 1. The Morgan fingerprint density at radius 2 is 1.90 bits per heavy atom. The molecule has 1 heterocycles. The highest BCUT2D eigenvalue weighted by Crippen LogP contribution is 2.33. The quantitative estimate of drug-likeness (QED) is 0.779. The zero-order chi connectivity index (χ0) is 14.8. The minimum absolute atomic E-state index is 0.0884. The van der Waals surface area contributed by atoms with Crippen LogP contribution in [0.5, 0.6) is 11.6 Å². The zero-order valence-electron chi connectivity index (χ0n) is 10.8. The van der Waals surface area contributed by atoms with E-state index in [1.54, 1.807) is 18.2 Å². The van der Waals surface area contributed by atoms with Crippen molar-refractivity contribution in [2.45, 2.75) is 0 Å². The summed E-state index contributed by atoms with van der Waals surface area (Å²) in [7, 11) is 0. The standard InChI is InChI=1S/C16H10ClNO3/c17-11-6-8-14(18-9-11)21-15-12-4-2-1-3-10(12)5-7-13(15)16(19)20/h1-9H,(H,19,20). The molecule has 0 amide bonds. The highest BCUT2D eigenvalue weighted by atomic mass is 35.5. The van der Waals surface area contributed by atoms with E-state index in [2.05, 4.69) is 4.98 Å². The summed E-state index contributed by atoms with van der Waals surface area (Å²) in [6, 6.07) is 13.9. The van der Waals surface area contributed by atoms with Gasteiger partial charge in [-0.05, 0) is 17.5 Å². The first-order valence-corrected chi connectivity index (χ1v) is 6.57. The summed E-state index contributed by atoms with van der Waals surface area (Å²) < 4.78 is 5.69. The molecule has 1 aromatic heterocycles. The lowest BCUT2D eigenvalue weighted by molar-refractivity contribution is 0.0694. The molecule has 0 aliphatic carbocycles. The fraction of sp³-hybridized carbons (Fsp3) is 0. The van der Waals surface area contributed by atoms with Gasteiger partial charge in [-0.1, -0.05) is 41.9 Å². The maximum atomic E-state index is 11.4. The Labute approximate surface area is 125 Å². The van der Waals surface area contributed by atoms with Gasteiger partial charge in [-0.15, -0.1) is 0 Å². The van der Waals surface area contributed by atoms with E-state index in [1.165, 1.54) is 12.3 Å². The lowest BCUT2D eigenvalue weighted by atomic mass is 10.1. The summed E-state index contributed by atoms with van der Waals surface area (Å²) in [5.74, 6) is -0.488. The first kappa shape index (κ1) is 13.4. The molecule has 21 heavy (non-hydrogen) atoms. The van der Waals surface area contributed by atoms with Gasteiger partial charge in [0.2, 0.25) is 5.88 Å². The van der Waals surface area contributed by atoms with Gasteiger partial charge in [-0.3, -0.25) is 0 Å². The van der Waals surface area contributed by atoms with E-state index in [-0.39, 0.29) is 11.3 Å². The number of ether oxygens (including phenoxy) is 1. The molecule has 0 fully saturated rings. The Kier molecular flexibility index (Phi) is 3.46. The fourth-order valence-corrected chi connectivity index (χ4v) is 2.16. The van der Waals surface area contributed by atoms with Crippen molar-refractivity contribution in [3.63, 3.8) is 0 Å². The van der Waals surface area contributed by atoms with E-state index < -0.39 is 5.97 Å². The Balaban J connectivity index is 2.16. The number of nitrogens with zero attached hydrogens (tertiary/aromatic N) is 1. The van der Waals surface area contributed by atoms with Crippen LogP contribution in [0, 0.1) is 0 Å². The molecule has 0 saturated heterocycles. The van der Waals surface area contributed by atoms with Crippen molar-refractivity contribution in [3.05, 3.63) is 65.3 Å². The molecule has 0 saturated carbocycles. The number of aromatic carboxylic acids is 1. The molecule has 0 aliphatic heterocycles. The van der Waals surface area contributed by atoms with Crippen LogP contribution in [-0.4, -0.2) is 16.1 Å². The van der Waals surface area contributed by atoms with Gasteiger partial charge >= 0.3 is 5.97 Å². The van der Waals surface area contributed by atoms with E-state index in [9.17, 15) is 9.90 Å². The van der Waals surface area contributed by atoms with Gasteiger partial charge in [0.05, 0.1) is 5.02 Å². The molecule has 3 rings (SSSR count). The van der Waals surface area contributed by atoms with Crippen molar-refractivity contribution in [2.75, 3.05) is 0 Å². The number of benzene rings is 2. The van der Waals surface area contributed by atoms with Crippen LogP contribution in [0.2, 0.25) is 5.02 Å². The Bertz CT molecular complexity index is 815. The maximum absolute atomic E-state index is 11.4. The monoisotopic (exact) mass is 299 g/mol. The smallest absolute Gasteiger partial charge is 0.339 e. The van der Waals surface area contributed by atoms with Gasteiger partial charge in [-0.25, -0.2) is 9.78 Å². The third-order valence-corrected chi connectivity index (χ3v) is 3.24. The third kappa shape index (κ3) is 2.66. The summed E-state index contributed by atoms with van der Waals surface area (Å²) in [6.07, 6.45) is 1.45. The zero-order valence-corrected chi connectivity index (χ0v) is 11.5. The van der Waals surface area contributed by atoms with E-state index in [0.717, 1.165) is 5.39 Å². The molecule has 0 spiro atoms. The van der Waals surface area contributed by atoms with E-state index in [4.69, 9.17) is 16.3 Å². The second-order valence-electron chi connectivity index (χ2n) is 4.39. The number of pyridine rings is 1. The van der Waals surface area contributed by atoms with E-state index >= 15 is 0 Å². The van der Waals surface area contributed by atoms with Gasteiger partial charge in [-0.2, -0.15) is 0 Å². The van der Waals surface area contributed by atoms with Gasteiger partial charge in [0, 0.05) is 17.6 Å². The number of aromatic nitrogens is 1. The molecule has 5 heteroatoms. The predicted molar refractivity (Wildman–Crippen MR) is 80.2 cm³/mol. The van der Waals surface area contributed by atoms with E-state index in [0.29, 0.717) is 16.3 Å². The summed E-state index contributed by atoms with van der Waals surface area (Å²) in [5.41, 5.74) is 0.0884. The Morgan fingerprint density at radius 1 is 1.10 bits per heavy atom. The summed E-state index contributed by atoms with van der Waals surface area (Å²) in [6.45, 7) is 0. The first-order valence-electron chi connectivity index (χ1n) is 6.19. The lowest BCUT2D eigenvalue weighted by Gasteiger charge is -2.11. The van der Waals surface area contributed by atoms with Gasteiger partial charge in [0.25, 0.3) is 0 Å². The van der Waals surface area contributed by atoms with Crippen LogP contribution < -0.4 is 4.74 Å². The largest absolute Gasteiger partial charge is 0.478 e. The van der Waals surface area contributed by atoms with Crippen molar-refractivity contribution < 1.29 is 14.6 Å². The van der Waals surface area contributed by atoms with Crippen LogP contribution in [-0.2, 0) is 0 Å². The predicted octanol–water partition coefficient (Wildman–Crippen LogP) is 4.38. The average molecular weight is 300 g/mol. The van der Waals surface area contributed by atoms with Crippen molar-refractivity contribution in [2.24, 2.45) is 0 Å². The second kappa shape index (κ2) is 5.42. The van der Waals surface area contributed by atoms with Crippen molar-refractivity contribution in [1.29, 1.82) is 0 Å². The summed E-state index contributed by atoms with van der Waals surface area (Å²) >= 11 is 5.78. The van der Waals surface area contributed by atoms with Crippen LogP contribution in [0.3, 0.4) is 0 Å². The Hall–Kier alpha value is -2.59. The highest BCUT2D eigenvalue weighted by Gasteiger charge is 2.16. The number of halogens is 1. The minimum atomic E-state index is -1.05. The number of carboxylic acids is 1. The van der Waals surface area contributed by atoms with Crippen molar-refractivity contribution in [3.8, 4) is 11.6 Å². The molecule has 0 aliphatic rings. The average Bonchev–Trinajstić information content (AvgIpc) is 2.49. The number of fused-ring (bicyclic) bond motifs is 1. The summed E-state index contributed by atoms with van der Waals surface area (Å²) in [4.78, 5) is 15.4. The molecule has 4 nitrogen and oxygen atoms in total. The van der Waals surface area contributed by atoms with Gasteiger partial charge in [0.15, 0.2) is 5.75 Å². The molecular weight excluding hydrogens is 290 g/mol. The number of carboxylic acid groups (broad SMARTS) is 1. The normalized spacial score (nSPS) is 10.5. The summed E-state index contributed by atoms with van der Waals surface area (Å²) in [5, 5.41) is 11.4. The first-order chi connectivity index (χ1) is 10.1. The molecular formula is C16H10ClNO3. The van der Waals surface area contributed by atoms with Gasteiger partial charge in [0.1, 0.15) is 5.56 Å². The number of hydrogen-bond donors (Lipinski definition) is 1. The molecule has 0 atom stereocenters. The number of hydrogen-bond acceptors (Lipinski definition) is 3. The SMILES string of the molecule is O=C(O)c1ccc2ccccc2c1Oc1ccc(Cl)cn1. The Morgan fingerprint density at radius 3 is 2.62 bits per heavy atom. The van der Waals surface area contributed by atoms with E-state index in [1.807, 2.05) is 24.3 Å². The molecule has 2 aromatic carbocycles. The lowest BCUT2D eigenvalue weighted by Crippen LogP contribution is -2.01.